The molecule has 0 radical (unpaired) electrons. The Hall–Kier alpha value is -4.15. The number of ether oxygens (including phenoxy) is 3. The van der Waals surface area contributed by atoms with E-state index in [-0.39, 0.29) is 24.7 Å². The molecule has 0 aliphatic carbocycles. The number of anilines is 2. The van der Waals surface area contributed by atoms with Gasteiger partial charge in [-0.3, -0.25) is 9.69 Å². The van der Waals surface area contributed by atoms with Crippen molar-refractivity contribution in [1.82, 2.24) is 15.6 Å². The van der Waals surface area contributed by atoms with Gasteiger partial charge in [0.2, 0.25) is 0 Å². The quantitative estimate of drug-likeness (QED) is 0.373. The molecule has 10 nitrogen and oxygen atoms in total. The molecule has 6 rings (SSSR count). The molecule has 0 spiro atoms. The van der Waals surface area contributed by atoms with E-state index in [2.05, 4.69) is 57.3 Å². The van der Waals surface area contributed by atoms with E-state index < -0.39 is 6.09 Å². The summed E-state index contributed by atoms with van der Waals surface area (Å²) in [5.41, 5.74) is 3.43. The smallest absolute Gasteiger partial charge is 0.415 e. The molecule has 3 N–H and O–H groups in total. The molecular formula is C28H29N5O5. The number of aromatic nitrogens is 1. The third kappa shape index (κ3) is 5.41. The lowest BCUT2D eigenvalue weighted by molar-refractivity contribution is -0.118. The largest absolute Gasteiger partial charge is 0.488 e. The predicted molar refractivity (Wildman–Crippen MR) is 141 cm³/mol. The number of carbonyl (C=O) groups excluding carboxylic acids is 2. The van der Waals surface area contributed by atoms with Gasteiger partial charge in [-0.15, -0.1) is 0 Å². The van der Waals surface area contributed by atoms with Crippen LogP contribution in [-0.2, 0) is 16.1 Å². The average Bonchev–Trinajstić information content (AvgIpc) is 3.29. The van der Waals surface area contributed by atoms with Gasteiger partial charge in [0.1, 0.15) is 23.8 Å². The van der Waals surface area contributed by atoms with Crippen molar-refractivity contribution in [3.05, 3.63) is 66.2 Å². The van der Waals surface area contributed by atoms with Crippen LogP contribution in [0.1, 0.15) is 12.0 Å². The Balaban J connectivity index is 1.00. The number of pyridine rings is 1. The molecule has 3 aliphatic rings. The maximum atomic E-state index is 12.5. The molecule has 0 saturated carbocycles. The van der Waals surface area contributed by atoms with Crippen LogP contribution in [0.4, 0.5) is 16.4 Å². The highest BCUT2D eigenvalue weighted by molar-refractivity contribution is 5.95. The highest BCUT2D eigenvalue weighted by atomic mass is 16.6. The number of cyclic esters (lactones) is 1. The van der Waals surface area contributed by atoms with Crippen molar-refractivity contribution in [3.8, 4) is 22.6 Å². The number of carbonyl (C=O) groups is 2. The molecule has 2 aromatic carbocycles. The van der Waals surface area contributed by atoms with Crippen LogP contribution in [0.25, 0.3) is 11.1 Å². The van der Waals surface area contributed by atoms with Gasteiger partial charge < -0.3 is 30.2 Å². The number of hydrogen-bond donors (Lipinski definition) is 3. The van der Waals surface area contributed by atoms with Crippen LogP contribution in [-0.4, -0.2) is 62.0 Å². The van der Waals surface area contributed by atoms with Crippen molar-refractivity contribution in [2.24, 2.45) is 0 Å². The van der Waals surface area contributed by atoms with Gasteiger partial charge in [0, 0.05) is 19.6 Å². The number of amides is 2. The SMILES string of the molecule is O=C1COc2ccc(N3CC(CCNCc4cccc(-c5cccc(OC6CNC6)c5)c4)OC3=O)nc2N1. The van der Waals surface area contributed by atoms with Crippen molar-refractivity contribution in [1.29, 1.82) is 0 Å². The van der Waals surface area contributed by atoms with Crippen molar-refractivity contribution >= 4 is 23.6 Å². The van der Waals surface area contributed by atoms with Gasteiger partial charge >= 0.3 is 6.09 Å². The van der Waals surface area contributed by atoms with Gasteiger partial charge in [-0.1, -0.05) is 30.3 Å². The minimum atomic E-state index is -0.446. The Bertz CT molecular complexity index is 1340. The lowest BCUT2D eigenvalue weighted by atomic mass is 10.0. The fraction of sp³-hybridized carbons (Fsp3) is 0.321. The molecule has 10 heteroatoms. The maximum Gasteiger partial charge on any atom is 0.415 e. The normalized spacial score (nSPS) is 18.7. The van der Waals surface area contributed by atoms with Crippen LogP contribution in [0.3, 0.4) is 0 Å². The predicted octanol–water partition coefficient (Wildman–Crippen LogP) is 2.94. The summed E-state index contributed by atoms with van der Waals surface area (Å²) in [5.74, 6) is 1.84. The summed E-state index contributed by atoms with van der Waals surface area (Å²) in [6, 6.07) is 20.0. The van der Waals surface area contributed by atoms with Crippen LogP contribution in [0.5, 0.6) is 11.5 Å². The number of fused-ring (bicyclic) bond motifs is 1. The average molecular weight is 516 g/mol. The van der Waals surface area contributed by atoms with E-state index in [1.165, 1.54) is 10.5 Å². The number of benzene rings is 2. The van der Waals surface area contributed by atoms with Crippen LogP contribution < -0.4 is 30.3 Å². The first-order chi connectivity index (χ1) is 18.6. The fourth-order valence-corrected chi connectivity index (χ4v) is 4.61. The van der Waals surface area contributed by atoms with E-state index in [0.29, 0.717) is 43.4 Å². The molecule has 2 amide bonds. The highest BCUT2D eigenvalue weighted by Gasteiger charge is 2.33. The Labute approximate surface area is 220 Å². The highest BCUT2D eigenvalue weighted by Crippen LogP contribution is 2.30. The summed E-state index contributed by atoms with van der Waals surface area (Å²) >= 11 is 0. The van der Waals surface area contributed by atoms with Gasteiger partial charge in [-0.25, -0.2) is 9.78 Å². The fourth-order valence-electron chi connectivity index (χ4n) is 4.61. The second-order valence-electron chi connectivity index (χ2n) is 9.56. The van der Waals surface area contributed by atoms with Gasteiger partial charge in [0.25, 0.3) is 5.91 Å². The number of hydrogen-bond acceptors (Lipinski definition) is 8. The Morgan fingerprint density at radius 3 is 2.74 bits per heavy atom. The van der Waals surface area contributed by atoms with Gasteiger partial charge in [0.05, 0.1) is 6.54 Å². The summed E-state index contributed by atoms with van der Waals surface area (Å²) in [4.78, 5) is 29.9. The van der Waals surface area contributed by atoms with E-state index >= 15 is 0 Å². The van der Waals surface area contributed by atoms with Crippen molar-refractivity contribution in [2.75, 3.05) is 43.0 Å². The third-order valence-corrected chi connectivity index (χ3v) is 6.72. The summed E-state index contributed by atoms with van der Waals surface area (Å²) in [6.07, 6.45) is 0.220. The maximum absolute atomic E-state index is 12.5. The molecule has 2 fully saturated rings. The molecule has 2 saturated heterocycles. The van der Waals surface area contributed by atoms with Crippen LogP contribution >= 0.6 is 0 Å². The summed E-state index contributed by atoms with van der Waals surface area (Å²) in [7, 11) is 0. The molecule has 38 heavy (non-hydrogen) atoms. The molecule has 1 unspecified atom stereocenters. The van der Waals surface area contributed by atoms with Crippen LogP contribution in [0.2, 0.25) is 0 Å². The molecule has 1 atom stereocenters. The zero-order chi connectivity index (χ0) is 25.9. The topological polar surface area (TPSA) is 114 Å². The van der Waals surface area contributed by atoms with E-state index in [4.69, 9.17) is 14.2 Å². The van der Waals surface area contributed by atoms with Gasteiger partial charge in [0.15, 0.2) is 18.2 Å². The van der Waals surface area contributed by atoms with E-state index in [1.807, 2.05) is 12.1 Å². The first-order valence-corrected chi connectivity index (χ1v) is 12.8. The minimum Gasteiger partial charge on any atom is -0.488 e. The van der Waals surface area contributed by atoms with Crippen molar-refractivity contribution in [3.63, 3.8) is 0 Å². The minimum absolute atomic E-state index is 0.0419. The van der Waals surface area contributed by atoms with Crippen LogP contribution in [0.15, 0.2) is 60.7 Å². The molecule has 196 valence electrons. The molecule has 1 aromatic heterocycles. The zero-order valence-corrected chi connectivity index (χ0v) is 20.8. The van der Waals surface area contributed by atoms with Crippen molar-refractivity contribution in [2.45, 2.75) is 25.2 Å². The molecule has 3 aromatic rings. The Morgan fingerprint density at radius 2 is 1.89 bits per heavy atom. The number of rotatable bonds is 9. The van der Waals surface area contributed by atoms with E-state index in [1.54, 1.807) is 12.1 Å². The molecule has 3 aliphatic heterocycles. The van der Waals surface area contributed by atoms with E-state index in [0.717, 1.165) is 30.0 Å². The van der Waals surface area contributed by atoms with E-state index in [9.17, 15) is 9.59 Å². The number of nitrogens with one attached hydrogen (secondary N) is 3. The summed E-state index contributed by atoms with van der Waals surface area (Å²) in [6.45, 7) is 3.53. The summed E-state index contributed by atoms with van der Waals surface area (Å²) < 4.78 is 16.9. The van der Waals surface area contributed by atoms with Crippen molar-refractivity contribution < 1.29 is 23.8 Å². The molecule has 4 heterocycles. The standard InChI is InChI=1S/C28H29N5O5/c34-26-17-36-24-7-8-25(31-27(24)32-26)33-16-22(38-28(33)35)9-10-29-13-18-3-1-4-19(11-18)20-5-2-6-21(12-20)37-23-14-30-15-23/h1-8,11-12,22-23,29-30H,9-10,13-17H2,(H,31,32,34). The van der Waals surface area contributed by atoms with Gasteiger partial charge in [-0.2, -0.15) is 0 Å². The number of nitrogens with zero attached hydrogens (tertiary/aromatic N) is 2. The Kier molecular flexibility index (Phi) is 6.80. The molecular weight excluding hydrogens is 486 g/mol. The molecule has 0 bridgehead atoms. The first-order valence-electron chi connectivity index (χ1n) is 12.8. The second-order valence-corrected chi connectivity index (χ2v) is 9.56. The lowest BCUT2D eigenvalue weighted by Crippen LogP contribution is -2.50. The second kappa shape index (κ2) is 10.7. The summed E-state index contributed by atoms with van der Waals surface area (Å²) in [5, 5.41) is 9.34. The van der Waals surface area contributed by atoms with Crippen LogP contribution in [0, 0.1) is 0 Å². The zero-order valence-electron chi connectivity index (χ0n) is 20.8. The monoisotopic (exact) mass is 515 g/mol. The van der Waals surface area contributed by atoms with Gasteiger partial charge in [-0.05, 0) is 60.0 Å². The lowest BCUT2D eigenvalue weighted by Gasteiger charge is -2.28. The third-order valence-electron chi connectivity index (χ3n) is 6.72. The Morgan fingerprint density at radius 1 is 1.05 bits per heavy atom. The first kappa shape index (κ1) is 24.2.